The highest BCUT2D eigenvalue weighted by Crippen LogP contribution is 2.23. The number of carbonyl (C=O) groups excluding carboxylic acids is 2. The van der Waals surface area contributed by atoms with Crippen LogP contribution in [0.4, 0.5) is 0 Å². The average Bonchev–Trinajstić information content (AvgIpc) is 3.19. The molecule has 5 heteroatoms. The van der Waals surface area contributed by atoms with Gasteiger partial charge in [-0.05, 0) is 18.9 Å². The molecule has 1 aromatic carbocycles. The van der Waals surface area contributed by atoms with E-state index in [1.807, 2.05) is 30.3 Å². The Kier molecular flexibility index (Phi) is 3.81. The standard InChI is InChI=1S/C16H17N3O2/c20-15(12-5-2-1-3-6-12)11-13-7-4-10-19(13)16(21)14-8-9-17-18-14/h1-3,5-6,8-9,13H,4,7,10-11H2,(H,17,18)/t13-/m0/s1. The van der Waals surface area contributed by atoms with Crippen LogP contribution >= 0.6 is 0 Å². The molecule has 0 aliphatic carbocycles. The van der Waals surface area contributed by atoms with Crippen LogP contribution in [0.25, 0.3) is 0 Å². The van der Waals surface area contributed by atoms with Gasteiger partial charge in [0.05, 0.1) is 0 Å². The zero-order chi connectivity index (χ0) is 14.7. The fourth-order valence-corrected chi connectivity index (χ4v) is 2.80. The third-order valence-corrected chi connectivity index (χ3v) is 3.89. The number of benzene rings is 1. The van der Waals surface area contributed by atoms with E-state index in [4.69, 9.17) is 0 Å². The summed E-state index contributed by atoms with van der Waals surface area (Å²) in [6.07, 6.45) is 3.75. The van der Waals surface area contributed by atoms with Crippen molar-refractivity contribution in [1.29, 1.82) is 0 Å². The van der Waals surface area contributed by atoms with Crippen molar-refractivity contribution in [3.05, 3.63) is 53.9 Å². The van der Waals surface area contributed by atoms with Gasteiger partial charge in [-0.3, -0.25) is 14.7 Å². The van der Waals surface area contributed by atoms with Gasteiger partial charge in [0.15, 0.2) is 5.78 Å². The summed E-state index contributed by atoms with van der Waals surface area (Å²) in [7, 11) is 0. The molecule has 1 saturated heterocycles. The summed E-state index contributed by atoms with van der Waals surface area (Å²) < 4.78 is 0. The number of Topliss-reactive ketones (excluding diaryl/α,β-unsaturated/α-hetero) is 1. The third kappa shape index (κ3) is 2.86. The lowest BCUT2D eigenvalue weighted by Crippen LogP contribution is -2.37. The second-order valence-corrected chi connectivity index (χ2v) is 5.26. The SMILES string of the molecule is O=C(C[C@@H]1CCCN1C(=O)c1ccn[nH]1)c1ccccc1. The molecule has 0 unspecified atom stereocenters. The molecule has 1 aliphatic heterocycles. The Bertz CT molecular complexity index is 622. The second-order valence-electron chi connectivity index (χ2n) is 5.26. The van der Waals surface area contributed by atoms with Crippen LogP contribution in [0.1, 0.15) is 40.1 Å². The van der Waals surface area contributed by atoms with Crippen molar-refractivity contribution in [3.63, 3.8) is 0 Å². The molecular formula is C16H17N3O2. The summed E-state index contributed by atoms with van der Waals surface area (Å²) in [6.45, 7) is 0.699. The van der Waals surface area contributed by atoms with E-state index in [-0.39, 0.29) is 17.7 Å². The van der Waals surface area contributed by atoms with Gasteiger partial charge in [0.2, 0.25) is 0 Å². The average molecular weight is 283 g/mol. The number of ketones is 1. The van der Waals surface area contributed by atoms with Crippen LogP contribution < -0.4 is 0 Å². The lowest BCUT2D eigenvalue weighted by molar-refractivity contribution is 0.0711. The summed E-state index contributed by atoms with van der Waals surface area (Å²) in [6, 6.07) is 10.9. The summed E-state index contributed by atoms with van der Waals surface area (Å²) in [5.74, 6) is 0.0146. The molecule has 1 atom stereocenters. The van der Waals surface area contributed by atoms with E-state index in [0.717, 1.165) is 12.8 Å². The molecule has 108 valence electrons. The van der Waals surface area contributed by atoms with Gasteiger partial charge in [-0.25, -0.2) is 0 Å². The molecule has 3 rings (SSSR count). The molecule has 2 heterocycles. The van der Waals surface area contributed by atoms with E-state index in [9.17, 15) is 9.59 Å². The van der Waals surface area contributed by atoms with Crippen molar-refractivity contribution in [2.75, 3.05) is 6.54 Å². The normalized spacial score (nSPS) is 17.9. The first kappa shape index (κ1) is 13.5. The van der Waals surface area contributed by atoms with Gasteiger partial charge in [-0.1, -0.05) is 30.3 Å². The van der Waals surface area contributed by atoms with Crippen LogP contribution in [0.3, 0.4) is 0 Å². The third-order valence-electron chi connectivity index (χ3n) is 3.89. The Morgan fingerprint density at radius 2 is 2.05 bits per heavy atom. The molecular weight excluding hydrogens is 266 g/mol. The minimum atomic E-state index is -0.0733. The van der Waals surface area contributed by atoms with Gasteiger partial charge in [-0.15, -0.1) is 0 Å². The van der Waals surface area contributed by atoms with Crippen molar-refractivity contribution in [2.45, 2.75) is 25.3 Å². The Hall–Kier alpha value is -2.43. The number of amides is 1. The number of H-pyrrole nitrogens is 1. The van der Waals surface area contributed by atoms with Gasteiger partial charge in [0.1, 0.15) is 5.69 Å². The predicted octanol–water partition coefficient (Wildman–Crippen LogP) is 2.29. The quantitative estimate of drug-likeness (QED) is 0.875. The van der Waals surface area contributed by atoms with Crippen LogP contribution in [0.2, 0.25) is 0 Å². The lowest BCUT2D eigenvalue weighted by atomic mass is 10.0. The van der Waals surface area contributed by atoms with Crippen LogP contribution in [-0.4, -0.2) is 39.4 Å². The minimum Gasteiger partial charge on any atom is -0.334 e. The smallest absolute Gasteiger partial charge is 0.272 e. The number of likely N-dealkylation sites (tertiary alicyclic amines) is 1. The molecule has 1 aliphatic rings. The summed E-state index contributed by atoms with van der Waals surface area (Å²) in [5.41, 5.74) is 1.19. The van der Waals surface area contributed by atoms with Crippen LogP contribution in [0.5, 0.6) is 0 Å². The highest BCUT2D eigenvalue weighted by atomic mass is 16.2. The topological polar surface area (TPSA) is 66.1 Å². The Labute approximate surface area is 123 Å². The maximum absolute atomic E-state index is 12.4. The van der Waals surface area contributed by atoms with E-state index in [0.29, 0.717) is 24.2 Å². The fraction of sp³-hybridized carbons (Fsp3) is 0.312. The number of hydrogen-bond acceptors (Lipinski definition) is 3. The number of carbonyl (C=O) groups is 2. The highest BCUT2D eigenvalue weighted by Gasteiger charge is 2.31. The van der Waals surface area contributed by atoms with E-state index in [1.165, 1.54) is 0 Å². The van der Waals surface area contributed by atoms with Crippen molar-refractivity contribution >= 4 is 11.7 Å². The maximum atomic E-state index is 12.4. The van der Waals surface area contributed by atoms with Gasteiger partial charge < -0.3 is 4.90 Å². The predicted molar refractivity (Wildman–Crippen MR) is 78.0 cm³/mol. The number of hydrogen-bond donors (Lipinski definition) is 1. The molecule has 1 aromatic heterocycles. The van der Waals surface area contributed by atoms with Crippen LogP contribution in [-0.2, 0) is 0 Å². The van der Waals surface area contributed by atoms with Crippen molar-refractivity contribution in [1.82, 2.24) is 15.1 Å². The molecule has 5 nitrogen and oxygen atoms in total. The summed E-state index contributed by atoms with van der Waals surface area (Å²) in [5, 5.41) is 6.50. The molecule has 1 fully saturated rings. The number of nitrogens with zero attached hydrogens (tertiary/aromatic N) is 2. The number of rotatable bonds is 4. The second kappa shape index (κ2) is 5.91. The first-order valence-electron chi connectivity index (χ1n) is 7.14. The van der Waals surface area contributed by atoms with Crippen molar-refractivity contribution < 1.29 is 9.59 Å². The molecule has 0 spiro atoms. The van der Waals surface area contributed by atoms with E-state index >= 15 is 0 Å². The van der Waals surface area contributed by atoms with E-state index in [2.05, 4.69) is 10.2 Å². The minimum absolute atomic E-state index is 0.0199. The molecule has 0 radical (unpaired) electrons. The fourth-order valence-electron chi connectivity index (χ4n) is 2.80. The molecule has 0 saturated carbocycles. The van der Waals surface area contributed by atoms with Gasteiger partial charge in [0, 0.05) is 30.8 Å². The first-order valence-corrected chi connectivity index (χ1v) is 7.14. The molecule has 1 N–H and O–H groups in total. The van der Waals surface area contributed by atoms with Gasteiger partial charge in [0.25, 0.3) is 5.91 Å². The van der Waals surface area contributed by atoms with E-state index in [1.54, 1.807) is 17.2 Å². The first-order chi connectivity index (χ1) is 10.3. The highest BCUT2D eigenvalue weighted by molar-refractivity contribution is 5.97. The molecule has 1 amide bonds. The van der Waals surface area contributed by atoms with E-state index < -0.39 is 0 Å². The maximum Gasteiger partial charge on any atom is 0.272 e. The zero-order valence-corrected chi connectivity index (χ0v) is 11.7. The van der Waals surface area contributed by atoms with Crippen LogP contribution in [0, 0.1) is 0 Å². The van der Waals surface area contributed by atoms with Gasteiger partial charge >= 0.3 is 0 Å². The summed E-state index contributed by atoms with van der Waals surface area (Å²) >= 11 is 0. The summed E-state index contributed by atoms with van der Waals surface area (Å²) in [4.78, 5) is 26.5. The Morgan fingerprint density at radius 3 is 2.76 bits per heavy atom. The van der Waals surface area contributed by atoms with Crippen molar-refractivity contribution in [3.8, 4) is 0 Å². The van der Waals surface area contributed by atoms with Crippen molar-refractivity contribution in [2.24, 2.45) is 0 Å². The lowest BCUT2D eigenvalue weighted by Gasteiger charge is -2.23. The number of nitrogens with one attached hydrogen (secondary N) is 1. The zero-order valence-electron chi connectivity index (χ0n) is 11.7. The van der Waals surface area contributed by atoms with Crippen LogP contribution in [0.15, 0.2) is 42.6 Å². The largest absolute Gasteiger partial charge is 0.334 e. The molecule has 2 aromatic rings. The Morgan fingerprint density at radius 1 is 1.24 bits per heavy atom. The number of aromatic nitrogens is 2. The monoisotopic (exact) mass is 283 g/mol. The molecule has 0 bridgehead atoms. The molecule has 21 heavy (non-hydrogen) atoms. The Balaban J connectivity index is 1.70. The van der Waals surface area contributed by atoms with Gasteiger partial charge in [-0.2, -0.15) is 5.10 Å². The number of aromatic amines is 1.